The molecule has 5 heteroatoms. The normalized spacial score (nSPS) is 14.4. The predicted octanol–water partition coefficient (Wildman–Crippen LogP) is 5.93. The molecule has 2 amide bonds. The van der Waals surface area contributed by atoms with Crippen molar-refractivity contribution in [3.8, 4) is 0 Å². The Morgan fingerprint density at radius 1 is 0.889 bits per heavy atom. The van der Waals surface area contributed by atoms with Gasteiger partial charge in [0.05, 0.1) is 5.75 Å². The average molecular weight is 501 g/mol. The summed E-state index contributed by atoms with van der Waals surface area (Å²) >= 11 is 1.61. The number of carbonyl (C=O) groups excluding carboxylic acids is 2. The first-order valence-corrected chi connectivity index (χ1v) is 14.1. The zero-order valence-corrected chi connectivity index (χ0v) is 21.9. The minimum absolute atomic E-state index is 0.0000553. The molecule has 1 aliphatic carbocycles. The van der Waals surface area contributed by atoms with Gasteiger partial charge < -0.3 is 10.2 Å². The number of carbonyl (C=O) groups is 2. The number of benzene rings is 3. The smallest absolute Gasteiger partial charge is 0.243 e. The molecule has 1 atom stereocenters. The monoisotopic (exact) mass is 500 g/mol. The highest BCUT2D eigenvalue weighted by Gasteiger charge is 2.32. The van der Waals surface area contributed by atoms with Gasteiger partial charge in [-0.15, -0.1) is 11.8 Å². The number of hydrogen-bond acceptors (Lipinski definition) is 3. The van der Waals surface area contributed by atoms with E-state index >= 15 is 0 Å². The predicted molar refractivity (Wildman–Crippen MR) is 149 cm³/mol. The molecule has 1 saturated carbocycles. The van der Waals surface area contributed by atoms with Crippen LogP contribution in [0.3, 0.4) is 0 Å². The lowest BCUT2D eigenvalue weighted by molar-refractivity contribution is -0.139. The summed E-state index contributed by atoms with van der Waals surface area (Å²) in [6.45, 7) is 2.52. The maximum absolute atomic E-state index is 13.7. The molecule has 4 nitrogen and oxygen atoms in total. The van der Waals surface area contributed by atoms with Crippen LogP contribution in [0.2, 0.25) is 0 Å². The number of nitrogens with one attached hydrogen (secondary N) is 1. The highest BCUT2D eigenvalue weighted by Crippen LogP contribution is 2.22. The molecular weight excluding hydrogens is 464 g/mol. The first-order valence-electron chi connectivity index (χ1n) is 12.9. The van der Waals surface area contributed by atoms with Gasteiger partial charge in [0.1, 0.15) is 6.04 Å². The van der Waals surface area contributed by atoms with Crippen LogP contribution in [0.15, 0.2) is 84.9 Å². The number of nitrogens with zero attached hydrogens (tertiary/aromatic N) is 1. The van der Waals surface area contributed by atoms with Gasteiger partial charge in [0.2, 0.25) is 11.8 Å². The summed E-state index contributed by atoms with van der Waals surface area (Å²) in [5.74, 6) is 1.07. The van der Waals surface area contributed by atoms with Crippen LogP contribution < -0.4 is 5.32 Å². The Kier molecular flexibility index (Phi) is 9.62. The summed E-state index contributed by atoms with van der Waals surface area (Å²) in [5.41, 5.74) is 4.56. The number of rotatable bonds is 11. The van der Waals surface area contributed by atoms with Crippen molar-refractivity contribution in [3.05, 3.63) is 107 Å². The molecular formula is C31H36N2O2S. The number of amides is 2. The summed E-state index contributed by atoms with van der Waals surface area (Å²) < 4.78 is 0. The Hall–Kier alpha value is -3.05. The molecule has 1 aliphatic rings. The molecule has 36 heavy (non-hydrogen) atoms. The Labute approximate surface area is 219 Å². The van der Waals surface area contributed by atoms with Gasteiger partial charge in [-0.3, -0.25) is 9.59 Å². The zero-order chi connectivity index (χ0) is 25.2. The molecule has 0 unspecified atom stereocenters. The van der Waals surface area contributed by atoms with Crippen molar-refractivity contribution in [1.29, 1.82) is 0 Å². The summed E-state index contributed by atoms with van der Waals surface area (Å²) in [6, 6.07) is 27.9. The van der Waals surface area contributed by atoms with E-state index in [0.717, 1.165) is 42.6 Å². The van der Waals surface area contributed by atoms with Crippen molar-refractivity contribution in [2.24, 2.45) is 0 Å². The second kappa shape index (κ2) is 13.3. The van der Waals surface area contributed by atoms with Gasteiger partial charge in [-0.25, -0.2) is 0 Å². The highest BCUT2D eigenvalue weighted by molar-refractivity contribution is 7.99. The molecule has 0 spiro atoms. The van der Waals surface area contributed by atoms with Crippen molar-refractivity contribution >= 4 is 23.6 Å². The Morgan fingerprint density at radius 2 is 1.50 bits per heavy atom. The third-order valence-electron chi connectivity index (χ3n) is 6.91. The van der Waals surface area contributed by atoms with E-state index in [-0.39, 0.29) is 17.9 Å². The third-order valence-corrected chi connectivity index (χ3v) is 7.88. The van der Waals surface area contributed by atoms with E-state index in [0.29, 0.717) is 18.7 Å². The number of aryl methyl sites for hydroxylation is 1. The highest BCUT2D eigenvalue weighted by atomic mass is 32.2. The Balaban J connectivity index is 1.55. The van der Waals surface area contributed by atoms with Crippen molar-refractivity contribution in [2.45, 2.75) is 63.4 Å². The standard InChI is InChI=1S/C31H36N2O2S/c1-24-12-8-9-17-27(24)22-36-23-30(34)33(21-26-15-6-3-7-16-26)29(20-25-13-4-2-5-14-25)31(35)32-28-18-10-11-19-28/h2-9,12-17,28-29H,10-11,18-23H2,1H3,(H,32,35)/t29-/m1/s1. The molecule has 0 saturated heterocycles. The lowest BCUT2D eigenvalue weighted by Gasteiger charge is -2.32. The molecule has 0 bridgehead atoms. The lowest BCUT2D eigenvalue weighted by atomic mass is 10.0. The summed E-state index contributed by atoms with van der Waals surface area (Å²) in [4.78, 5) is 29.2. The van der Waals surface area contributed by atoms with E-state index in [1.54, 1.807) is 16.7 Å². The van der Waals surface area contributed by atoms with Crippen molar-refractivity contribution in [1.82, 2.24) is 10.2 Å². The molecule has 3 aromatic carbocycles. The number of thioether (sulfide) groups is 1. The van der Waals surface area contributed by atoms with Gasteiger partial charge in [-0.2, -0.15) is 0 Å². The Morgan fingerprint density at radius 3 is 2.17 bits per heavy atom. The third kappa shape index (κ3) is 7.47. The van der Waals surface area contributed by atoms with Gasteiger partial charge in [0, 0.05) is 24.8 Å². The fraction of sp³-hybridized carbons (Fsp3) is 0.355. The van der Waals surface area contributed by atoms with Crippen LogP contribution in [0, 0.1) is 6.92 Å². The van der Waals surface area contributed by atoms with E-state index in [1.807, 2.05) is 72.8 Å². The van der Waals surface area contributed by atoms with Crippen molar-refractivity contribution in [3.63, 3.8) is 0 Å². The lowest BCUT2D eigenvalue weighted by Crippen LogP contribution is -2.52. The maximum Gasteiger partial charge on any atom is 0.243 e. The Bertz CT molecular complexity index is 1110. The van der Waals surface area contributed by atoms with Crippen LogP contribution in [0.5, 0.6) is 0 Å². The van der Waals surface area contributed by atoms with Gasteiger partial charge in [0.25, 0.3) is 0 Å². The minimum atomic E-state index is -0.556. The van der Waals surface area contributed by atoms with Gasteiger partial charge in [-0.05, 0) is 42.0 Å². The average Bonchev–Trinajstić information content (AvgIpc) is 3.41. The molecule has 0 aromatic heterocycles. The van der Waals surface area contributed by atoms with Gasteiger partial charge >= 0.3 is 0 Å². The molecule has 0 radical (unpaired) electrons. The summed E-state index contributed by atoms with van der Waals surface area (Å²) in [5, 5.41) is 3.27. The summed E-state index contributed by atoms with van der Waals surface area (Å²) in [7, 11) is 0. The van der Waals surface area contributed by atoms with Gasteiger partial charge in [-0.1, -0.05) is 97.8 Å². The largest absolute Gasteiger partial charge is 0.352 e. The van der Waals surface area contributed by atoms with Crippen molar-refractivity contribution < 1.29 is 9.59 Å². The first kappa shape index (κ1) is 26.0. The molecule has 0 heterocycles. The van der Waals surface area contributed by atoms with Crippen LogP contribution in [-0.2, 0) is 28.3 Å². The minimum Gasteiger partial charge on any atom is -0.352 e. The molecule has 4 rings (SSSR count). The molecule has 0 aliphatic heterocycles. The van der Waals surface area contributed by atoms with E-state index in [1.165, 1.54) is 11.1 Å². The molecule has 1 N–H and O–H groups in total. The van der Waals surface area contributed by atoms with Crippen LogP contribution in [0.1, 0.15) is 47.9 Å². The molecule has 3 aromatic rings. The molecule has 188 valence electrons. The molecule has 1 fully saturated rings. The van der Waals surface area contributed by atoms with Crippen LogP contribution in [0.4, 0.5) is 0 Å². The second-order valence-electron chi connectivity index (χ2n) is 9.62. The SMILES string of the molecule is Cc1ccccc1CSCC(=O)N(Cc1ccccc1)[C@H](Cc1ccccc1)C(=O)NC1CCCC1. The van der Waals surface area contributed by atoms with E-state index in [4.69, 9.17) is 0 Å². The quantitative estimate of drug-likeness (QED) is 0.355. The van der Waals surface area contributed by atoms with E-state index in [2.05, 4.69) is 24.4 Å². The summed E-state index contributed by atoms with van der Waals surface area (Å²) in [6.07, 6.45) is 4.83. The van der Waals surface area contributed by atoms with Crippen LogP contribution in [-0.4, -0.2) is 34.6 Å². The second-order valence-corrected chi connectivity index (χ2v) is 10.6. The fourth-order valence-electron chi connectivity index (χ4n) is 4.80. The van der Waals surface area contributed by atoms with Gasteiger partial charge in [0.15, 0.2) is 0 Å². The van der Waals surface area contributed by atoms with E-state index < -0.39 is 6.04 Å². The van der Waals surface area contributed by atoms with Crippen LogP contribution in [0.25, 0.3) is 0 Å². The number of hydrogen-bond donors (Lipinski definition) is 1. The fourth-order valence-corrected chi connectivity index (χ4v) is 5.79. The van der Waals surface area contributed by atoms with Crippen molar-refractivity contribution in [2.75, 3.05) is 5.75 Å². The van der Waals surface area contributed by atoms with Crippen LogP contribution >= 0.6 is 11.8 Å². The zero-order valence-electron chi connectivity index (χ0n) is 21.1. The van der Waals surface area contributed by atoms with E-state index in [9.17, 15) is 9.59 Å². The topological polar surface area (TPSA) is 49.4 Å². The maximum atomic E-state index is 13.7. The first-order chi connectivity index (χ1) is 17.6.